The largest absolute Gasteiger partial charge is 0.365 e. The van der Waals surface area contributed by atoms with Gasteiger partial charge in [0.25, 0.3) is 0 Å². The van der Waals surface area contributed by atoms with Gasteiger partial charge in [0.1, 0.15) is 6.54 Å². The van der Waals surface area contributed by atoms with Crippen LogP contribution in [-0.4, -0.2) is 20.7 Å². The zero-order chi connectivity index (χ0) is 17.8. The number of halogens is 1. The number of nitrogens with one attached hydrogen (secondary N) is 1. The van der Waals surface area contributed by atoms with Gasteiger partial charge in [-0.15, -0.1) is 0 Å². The molecule has 3 aromatic rings. The van der Waals surface area contributed by atoms with Crippen molar-refractivity contribution in [3.8, 4) is 11.3 Å². The van der Waals surface area contributed by atoms with Gasteiger partial charge in [0.15, 0.2) is 0 Å². The SMILES string of the molecule is Cc1ccc(Cl)cc1NC(=O)Cn1ncc(-c2ccccc2)nc1=O. The number of amides is 1. The van der Waals surface area contributed by atoms with Gasteiger partial charge in [0.2, 0.25) is 5.91 Å². The van der Waals surface area contributed by atoms with Crippen LogP contribution in [0.25, 0.3) is 11.3 Å². The lowest BCUT2D eigenvalue weighted by molar-refractivity contribution is -0.117. The van der Waals surface area contributed by atoms with Crippen molar-refractivity contribution in [2.24, 2.45) is 0 Å². The van der Waals surface area contributed by atoms with E-state index < -0.39 is 5.69 Å². The minimum absolute atomic E-state index is 0.229. The number of benzene rings is 2. The highest BCUT2D eigenvalue weighted by atomic mass is 35.5. The molecule has 1 amide bonds. The van der Waals surface area contributed by atoms with E-state index >= 15 is 0 Å². The van der Waals surface area contributed by atoms with Crippen LogP contribution in [0.15, 0.2) is 59.5 Å². The smallest absolute Gasteiger partial charge is 0.324 e. The minimum atomic E-state index is -0.584. The van der Waals surface area contributed by atoms with E-state index in [0.717, 1.165) is 15.8 Å². The maximum atomic E-state index is 12.2. The Labute approximate surface area is 149 Å². The van der Waals surface area contributed by atoms with E-state index in [2.05, 4.69) is 15.4 Å². The van der Waals surface area contributed by atoms with Crippen LogP contribution in [0.2, 0.25) is 5.02 Å². The average molecular weight is 355 g/mol. The summed E-state index contributed by atoms with van der Waals surface area (Å²) >= 11 is 5.93. The average Bonchev–Trinajstić information content (AvgIpc) is 2.60. The van der Waals surface area contributed by atoms with E-state index in [1.807, 2.05) is 37.3 Å². The molecule has 0 radical (unpaired) electrons. The number of hydrogen-bond acceptors (Lipinski definition) is 4. The molecule has 7 heteroatoms. The second-order valence-electron chi connectivity index (χ2n) is 5.46. The molecular formula is C18H15ClN4O2. The van der Waals surface area contributed by atoms with Crippen molar-refractivity contribution in [2.45, 2.75) is 13.5 Å². The molecule has 25 heavy (non-hydrogen) atoms. The monoisotopic (exact) mass is 354 g/mol. The van der Waals surface area contributed by atoms with Gasteiger partial charge in [0.05, 0.1) is 11.9 Å². The van der Waals surface area contributed by atoms with Crippen molar-refractivity contribution in [1.29, 1.82) is 0 Å². The molecule has 0 atom stereocenters. The fourth-order valence-electron chi connectivity index (χ4n) is 2.27. The van der Waals surface area contributed by atoms with Crippen molar-refractivity contribution in [1.82, 2.24) is 14.8 Å². The molecule has 1 N–H and O–H groups in total. The van der Waals surface area contributed by atoms with Gasteiger partial charge in [0, 0.05) is 16.3 Å². The summed E-state index contributed by atoms with van der Waals surface area (Å²) in [7, 11) is 0. The first-order valence-corrected chi connectivity index (χ1v) is 7.96. The van der Waals surface area contributed by atoms with Gasteiger partial charge in [-0.25, -0.2) is 9.48 Å². The van der Waals surface area contributed by atoms with Crippen molar-refractivity contribution in [2.75, 3.05) is 5.32 Å². The lowest BCUT2D eigenvalue weighted by Crippen LogP contribution is -2.31. The van der Waals surface area contributed by atoms with Gasteiger partial charge < -0.3 is 5.32 Å². The number of aryl methyl sites for hydroxylation is 1. The lowest BCUT2D eigenvalue weighted by atomic mass is 10.2. The molecule has 0 aliphatic carbocycles. The quantitative estimate of drug-likeness (QED) is 0.781. The molecule has 0 aliphatic heterocycles. The van der Waals surface area contributed by atoms with Crippen LogP contribution in [0, 0.1) is 6.92 Å². The Morgan fingerprint density at radius 2 is 1.96 bits per heavy atom. The summed E-state index contributed by atoms with van der Waals surface area (Å²) in [6.07, 6.45) is 1.47. The predicted molar refractivity (Wildman–Crippen MR) is 96.5 cm³/mol. The second-order valence-corrected chi connectivity index (χ2v) is 5.89. The van der Waals surface area contributed by atoms with E-state index in [-0.39, 0.29) is 12.5 Å². The first-order chi connectivity index (χ1) is 12.0. The van der Waals surface area contributed by atoms with Crippen molar-refractivity contribution in [3.63, 3.8) is 0 Å². The van der Waals surface area contributed by atoms with Crippen LogP contribution in [0.5, 0.6) is 0 Å². The Hall–Kier alpha value is -2.99. The number of aromatic nitrogens is 3. The summed E-state index contributed by atoms with van der Waals surface area (Å²) < 4.78 is 1.02. The molecule has 126 valence electrons. The number of anilines is 1. The van der Waals surface area contributed by atoms with E-state index in [4.69, 9.17) is 11.6 Å². The van der Waals surface area contributed by atoms with Gasteiger partial charge in [-0.3, -0.25) is 4.79 Å². The summed E-state index contributed by atoms with van der Waals surface area (Å²) in [5.74, 6) is -0.380. The number of carbonyl (C=O) groups excluding carboxylic acids is 1. The van der Waals surface area contributed by atoms with Gasteiger partial charge in [-0.05, 0) is 24.6 Å². The maximum Gasteiger partial charge on any atom is 0.365 e. The van der Waals surface area contributed by atoms with Crippen molar-refractivity contribution < 1.29 is 4.79 Å². The molecule has 0 unspecified atom stereocenters. The van der Waals surface area contributed by atoms with Crippen molar-refractivity contribution >= 4 is 23.2 Å². The number of carbonyl (C=O) groups is 1. The third-order valence-electron chi connectivity index (χ3n) is 3.59. The van der Waals surface area contributed by atoms with Crippen LogP contribution in [0.3, 0.4) is 0 Å². The molecule has 1 heterocycles. The first-order valence-electron chi connectivity index (χ1n) is 7.58. The summed E-state index contributed by atoms with van der Waals surface area (Å²) in [5.41, 5.74) is 2.14. The summed E-state index contributed by atoms with van der Waals surface area (Å²) in [4.78, 5) is 28.3. The van der Waals surface area contributed by atoms with Crippen molar-refractivity contribution in [3.05, 3.63) is 75.8 Å². The normalized spacial score (nSPS) is 10.5. The standard InChI is InChI=1S/C18H15ClN4O2/c1-12-7-8-14(19)9-15(12)21-17(24)11-23-18(25)22-16(10-20-23)13-5-3-2-4-6-13/h2-10H,11H2,1H3,(H,21,24). The van der Waals surface area contributed by atoms with Gasteiger partial charge in [-0.1, -0.05) is 48.0 Å². The zero-order valence-corrected chi connectivity index (χ0v) is 14.2. The first kappa shape index (κ1) is 16.9. The molecule has 0 saturated heterocycles. The van der Waals surface area contributed by atoms with E-state index in [9.17, 15) is 9.59 Å². The lowest BCUT2D eigenvalue weighted by Gasteiger charge is -2.09. The van der Waals surface area contributed by atoms with E-state index in [1.165, 1.54) is 6.20 Å². The third-order valence-corrected chi connectivity index (χ3v) is 3.83. The minimum Gasteiger partial charge on any atom is -0.324 e. The van der Waals surface area contributed by atoms with Crippen LogP contribution in [-0.2, 0) is 11.3 Å². The number of hydrogen-bond donors (Lipinski definition) is 1. The molecule has 0 fully saturated rings. The number of rotatable bonds is 4. The summed E-state index contributed by atoms with van der Waals surface area (Å²) in [6.45, 7) is 1.62. The Morgan fingerprint density at radius 3 is 2.68 bits per heavy atom. The Kier molecular flexibility index (Phi) is 4.90. The van der Waals surface area contributed by atoms with Crippen LogP contribution >= 0.6 is 11.6 Å². The Balaban J connectivity index is 1.76. The summed E-state index contributed by atoms with van der Waals surface area (Å²) in [5, 5.41) is 7.27. The Bertz CT molecular complexity index is 970. The van der Waals surface area contributed by atoms with Crippen LogP contribution < -0.4 is 11.0 Å². The highest BCUT2D eigenvalue weighted by molar-refractivity contribution is 6.31. The third kappa shape index (κ3) is 4.10. The molecule has 0 bridgehead atoms. The maximum absolute atomic E-state index is 12.2. The molecule has 2 aromatic carbocycles. The fraction of sp³-hybridized carbons (Fsp3) is 0.111. The molecule has 0 aliphatic rings. The molecule has 1 aromatic heterocycles. The topological polar surface area (TPSA) is 76.9 Å². The van der Waals surface area contributed by atoms with E-state index in [1.54, 1.807) is 18.2 Å². The zero-order valence-electron chi connectivity index (χ0n) is 13.4. The molecule has 0 saturated carbocycles. The molecule has 0 spiro atoms. The molecule has 3 rings (SSSR count). The molecule has 6 nitrogen and oxygen atoms in total. The molecular weight excluding hydrogens is 340 g/mol. The predicted octanol–water partition coefficient (Wildman–Crippen LogP) is 2.91. The fourth-order valence-corrected chi connectivity index (χ4v) is 2.45. The Morgan fingerprint density at radius 1 is 1.20 bits per heavy atom. The second kappa shape index (κ2) is 7.27. The van der Waals surface area contributed by atoms with E-state index in [0.29, 0.717) is 16.4 Å². The van der Waals surface area contributed by atoms with Crippen LogP contribution in [0.4, 0.5) is 5.69 Å². The summed E-state index contributed by atoms with van der Waals surface area (Å²) in [6, 6.07) is 14.4. The highest BCUT2D eigenvalue weighted by Crippen LogP contribution is 2.20. The highest BCUT2D eigenvalue weighted by Gasteiger charge is 2.10. The van der Waals surface area contributed by atoms with Gasteiger partial charge >= 0.3 is 5.69 Å². The van der Waals surface area contributed by atoms with Crippen LogP contribution in [0.1, 0.15) is 5.56 Å². The van der Waals surface area contributed by atoms with Gasteiger partial charge in [-0.2, -0.15) is 10.1 Å². The number of nitrogens with zero attached hydrogens (tertiary/aromatic N) is 3.